The fourth-order valence-electron chi connectivity index (χ4n) is 1.94. The first-order chi connectivity index (χ1) is 8.97. The summed E-state index contributed by atoms with van der Waals surface area (Å²) >= 11 is 0. The van der Waals surface area contributed by atoms with Crippen LogP contribution >= 0.6 is 0 Å². The summed E-state index contributed by atoms with van der Waals surface area (Å²) in [7, 11) is 1.75. The normalized spacial score (nSPS) is 18.4. The lowest BCUT2D eigenvalue weighted by molar-refractivity contribution is 0.186. The van der Waals surface area contributed by atoms with Crippen molar-refractivity contribution in [3.63, 3.8) is 0 Å². The van der Waals surface area contributed by atoms with Crippen molar-refractivity contribution in [1.29, 1.82) is 0 Å². The van der Waals surface area contributed by atoms with E-state index in [4.69, 9.17) is 10.8 Å². The molecule has 19 heavy (non-hydrogen) atoms. The summed E-state index contributed by atoms with van der Waals surface area (Å²) in [5, 5.41) is 8.84. The molecule has 0 unspecified atom stereocenters. The van der Waals surface area contributed by atoms with E-state index in [0.717, 1.165) is 19.3 Å². The second-order valence-corrected chi connectivity index (χ2v) is 4.63. The Balaban J connectivity index is 0.000000163. The van der Waals surface area contributed by atoms with Crippen molar-refractivity contribution in [3.05, 3.63) is 28.8 Å². The van der Waals surface area contributed by atoms with Gasteiger partial charge in [0.15, 0.2) is 11.2 Å². The smallest absolute Gasteiger partial charge is 0.280 e. The summed E-state index contributed by atoms with van der Waals surface area (Å²) in [5.41, 5.74) is 7.05. The first-order valence-corrected chi connectivity index (χ1v) is 5.99. The van der Waals surface area contributed by atoms with Crippen molar-refractivity contribution in [3.8, 4) is 0 Å². The quantitative estimate of drug-likeness (QED) is 0.593. The molecule has 102 valence electrons. The number of nitrogen functional groups attached to an aromatic ring is 1. The Morgan fingerprint density at radius 1 is 1.63 bits per heavy atom. The Morgan fingerprint density at radius 3 is 2.89 bits per heavy atom. The number of aliphatic hydroxyl groups is 1. The van der Waals surface area contributed by atoms with Gasteiger partial charge in [0.25, 0.3) is 5.56 Å². The highest BCUT2D eigenvalue weighted by molar-refractivity contribution is 5.70. The van der Waals surface area contributed by atoms with Crippen LogP contribution < -0.4 is 11.3 Å². The number of fused-ring (bicyclic) bond motifs is 1. The average molecular weight is 263 g/mol. The van der Waals surface area contributed by atoms with E-state index in [1.165, 1.54) is 11.9 Å². The number of imidazole rings is 1. The maximum Gasteiger partial charge on any atom is 0.280 e. The van der Waals surface area contributed by atoms with Gasteiger partial charge in [-0.05, 0) is 19.3 Å². The molecule has 0 radical (unpaired) electrons. The van der Waals surface area contributed by atoms with E-state index in [9.17, 15) is 4.79 Å². The highest BCUT2D eigenvalue weighted by Crippen LogP contribution is 2.21. The highest BCUT2D eigenvalue weighted by Gasteiger charge is 2.13. The molecule has 0 saturated heterocycles. The summed E-state index contributed by atoms with van der Waals surface area (Å²) in [6.45, 7) is 3.74. The average Bonchev–Trinajstić information content (AvgIpc) is 2.87. The molecule has 2 aromatic heterocycles. The number of nitrogens with zero attached hydrogens (tertiary/aromatic N) is 3. The zero-order chi connectivity index (χ0) is 14.0. The lowest BCUT2D eigenvalue weighted by Crippen LogP contribution is -2.11. The second-order valence-electron chi connectivity index (χ2n) is 4.63. The van der Waals surface area contributed by atoms with Gasteiger partial charge in [-0.3, -0.25) is 9.78 Å². The number of nitrogens with two attached hydrogens (primary N) is 1. The lowest BCUT2D eigenvalue weighted by atomic mass is 10.3. The van der Waals surface area contributed by atoms with Gasteiger partial charge >= 0.3 is 0 Å². The van der Waals surface area contributed by atoms with Crippen molar-refractivity contribution in [1.82, 2.24) is 19.5 Å². The number of nitrogens with one attached hydrogen (secondary N) is 1. The predicted octanol–water partition coefficient (Wildman–Crippen LogP) is 0.326. The van der Waals surface area contributed by atoms with Crippen LogP contribution in [0.15, 0.2) is 23.3 Å². The molecule has 3 rings (SSSR count). The standard InChI is InChI=1S/C6H7N5O.C6H10O/c1-11-2-8-3-4(11)9-6(7)10-5(3)12;1-5-2-3-6(7)4-5/h2H,1H3,(H3,7,9,10,12);6-7H,1-4H2/t;6-/m.0/s1. The highest BCUT2D eigenvalue weighted by atomic mass is 16.3. The number of aromatic amines is 1. The molecular formula is C12H17N5O2. The second kappa shape index (κ2) is 5.23. The van der Waals surface area contributed by atoms with Crippen molar-refractivity contribution in [2.45, 2.75) is 25.4 Å². The SMILES string of the molecule is C=C1CC[C@H](O)C1.Cn1cnc2c(=O)[nH]c(N)nc21. The molecule has 0 aromatic carbocycles. The van der Waals surface area contributed by atoms with E-state index in [1.807, 2.05) is 0 Å². The summed E-state index contributed by atoms with van der Waals surface area (Å²) in [6.07, 6.45) is 4.24. The van der Waals surface area contributed by atoms with Crippen LogP contribution in [0.2, 0.25) is 0 Å². The van der Waals surface area contributed by atoms with Crippen molar-refractivity contribution < 1.29 is 5.11 Å². The molecule has 0 bridgehead atoms. The molecule has 1 aliphatic carbocycles. The van der Waals surface area contributed by atoms with E-state index in [0.29, 0.717) is 11.2 Å². The van der Waals surface area contributed by atoms with Crippen LogP contribution in [0.5, 0.6) is 0 Å². The number of rotatable bonds is 0. The number of aliphatic hydroxyl groups excluding tert-OH is 1. The molecular weight excluding hydrogens is 246 g/mol. The van der Waals surface area contributed by atoms with Crippen LogP contribution in [-0.2, 0) is 7.05 Å². The van der Waals surface area contributed by atoms with E-state index >= 15 is 0 Å². The summed E-state index contributed by atoms with van der Waals surface area (Å²) in [4.78, 5) is 21.3. The minimum absolute atomic E-state index is 0.0764. The number of anilines is 1. The van der Waals surface area contributed by atoms with Gasteiger partial charge in [0.05, 0.1) is 12.4 Å². The van der Waals surface area contributed by atoms with Crippen LogP contribution in [0.1, 0.15) is 19.3 Å². The van der Waals surface area contributed by atoms with E-state index in [-0.39, 0.29) is 17.6 Å². The van der Waals surface area contributed by atoms with E-state index in [2.05, 4.69) is 21.5 Å². The summed E-state index contributed by atoms with van der Waals surface area (Å²) in [5.74, 6) is 0.108. The third kappa shape index (κ3) is 3.00. The van der Waals surface area contributed by atoms with Crippen molar-refractivity contribution in [2.24, 2.45) is 7.05 Å². The molecule has 2 heterocycles. The largest absolute Gasteiger partial charge is 0.393 e. The van der Waals surface area contributed by atoms with Gasteiger partial charge in [-0.1, -0.05) is 12.2 Å². The van der Waals surface area contributed by atoms with Gasteiger partial charge < -0.3 is 15.4 Å². The first-order valence-electron chi connectivity index (χ1n) is 5.99. The molecule has 1 saturated carbocycles. The molecule has 1 fully saturated rings. The zero-order valence-corrected chi connectivity index (χ0v) is 10.8. The molecule has 2 aromatic rings. The molecule has 4 N–H and O–H groups in total. The van der Waals surface area contributed by atoms with Crippen LogP contribution in [-0.4, -0.2) is 30.7 Å². The van der Waals surface area contributed by atoms with Gasteiger partial charge in [0.1, 0.15) is 0 Å². The van der Waals surface area contributed by atoms with Gasteiger partial charge in [-0.25, -0.2) is 4.98 Å². The number of H-pyrrole nitrogens is 1. The van der Waals surface area contributed by atoms with Gasteiger partial charge in [0.2, 0.25) is 5.95 Å². The molecule has 0 amide bonds. The molecule has 1 aliphatic rings. The van der Waals surface area contributed by atoms with Gasteiger partial charge in [0, 0.05) is 7.05 Å². The number of aromatic nitrogens is 4. The number of hydrogen-bond donors (Lipinski definition) is 3. The maximum atomic E-state index is 11.2. The Hall–Kier alpha value is -2.15. The van der Waals surface area contributed by atoms with Crippen molar-refractivity contribution in [2.75, 3.05) is 5.73 Å². The minimum Gasteiger partial charge on any atom is -0.393 e. The third-order valence-corrected chi connectivity index (χ3v) is 2.94. The Kier molecular flexibility index (Phi) is 3.66. The molecule has 7 heteroatoms. The Labute approximate surface area is 109 Å². The minimum atomic E-state index is -0.307. The fourth-order valence-corrected chi connectivity index (χ4v) is 1.94. The van der Waals surface area contributed by atoms with Crippen LogP contribution in [0, 0.1) is 0 Å². The van der Waals surface area contributed by atoms with Crippen LogP contribution in [0.3, 0.4) is 0 Å². The van der Waals surface area contributed by atoms with Gasteiger partial charge in [-0.15, -0.1) is 0 Å². The molecule has 1 atom stereocenters. The van der Waals surface area contributed by atoms with E-state index in [1.54, 1.807) is 11.6 Å². The summed E-state index contributed by atoms with van der Waals surface area (Å²) < 4.78 is 1.64. The van der Waals surface area contributed by atoms with Crippen molar-refractivity contribution >= 4 is 17.1 Å². The Morgan fingerprint density at radius 2 is 2.37 bits per heavy atom. The zero-order valence-electron chi connectivity index (χ0n) is 10.8. The van der Waals surface area contributed by atoms with E-state index < -0.39 is 0 Å². The monoisotopic (exact) mass is 263 g/mol. The van der Waals surface area contributed by atoms with Gasteiger partial charge in [-0.2, -0.15) is 4.98 Å². The lowest BCUT2D eigenvalue weighted by Gasteiger charge is -1.93. The first kappa shape index (κ1) is 13.3. The third-order valence-electron chi connectivity index (χ3n) is 2.94. The Bertz CT molecular complexity index is 658. The number of aryl methyl sites for hydroxylation is 1. The van der Waals surface area contributed by atoms with Crippen LogP contribution in [0.25, 0.3) is 11.2 Å². The predicted molar refractivity (Wildman–Crippen MR) is 72.5 cm³/mol. The maximum absolute atomic E-state index is 11.2. The fraction of sp³-hybridized carbons (Fsp3) is 0.417. The molecule has 0 spiro atoms. The molecule has 0 aliphatic heterocycles. The number of hydrogen-bond acceptors (Lipinski definition) is 5. The topological polar surface area (TPSA) is 110 Å². The van der Waals surface area contributed by atoms with Crippen LogP contribution in [0.4, 0.5) is 5.95 Å². The molecule has 7 nitrogen and oxygen atoms in total. The summed E-state index contributed by atoms with van der Waals surface area (Å²) in [6, 6.07) is 0.